The molecule has 0 heterocycles. The van der Waals surface area contributed by atoms with Crippen molar-refractivity contribution in [3.05, 3.63) is 29.8 Å². The van der Waals surface area contributed by atoms with E-state index in [9.17, 15) is 18.0 Å². The zero-order chi connectivity index (χ0) is 15.5. The Bertz CT molecular complexity index is 475. The summed E-state index contributed by atoms with van der Waals surface area (Å²) in [4.78, 5) is 13.4. The highest BCUT2D eigenvalue weighted by Gasteiger charge is 2.31. The van der Waals surface area contributed by atoms with Gasteiger partial charge in [-0.3, -0.25) is 9.69 Å². The number of carbonyl (C=O) groups excluding carboxylic acids is 1. The number of nitrogens with zero attached hydrogens (tertiary/aromatic N) is 1. The minimum Gasteiger partial charge on any atom is -0.406 e. The van der Waals surface area contributed by atoms with Crippen molar-refractivity contribution in [1.82, 2.24) is 4.90 Å². The third kappa shape index (κ3) is 5.04. The van der Waals surface area contributed by atoms with Crippen LogP contribution in [0.2, 0.25) is 0 Å². The molecule has 0 atom stereocenters. The van der Waals surface area contributed by atoms with Gasteiger partial charge in [0.05, 0.1) is 0 Å². The van der Waals surface area contributed by atoms with E-state index < -0.39 is 6.36 Å². The molecule has 1 aromatic carbocycles. The van der Waals surface area contributed by atoms with Crippen molar-refractivity contribution in [2.24, 2.45) is 0 Å². The lowest BCUT2D eigenvalue weighted by molar-refractivity contribution is -0.274. The Labute approximate surface area is 121 Å². The summed E-state index contributed by atoms with van der Waals surface area (Å²) in [6.45, 7) is 0.644. The summed E-state index contributed by atoms with van der Waals surface area (Å²) in [6.07, 6.45) is -1.72. The van der Waals surface area contributed by atoms with Gasteiger partial charge in [-0.1, -0.05) is 12.1 Å². The van der Waals surface area contributed by atoms with Crippen molar-refractivity contribution in [1.29, 1.82) is 0 Å². The SMILES string of the molecule is CN(Cc1ccc(OC(F)(F)F)cc1)C1CCC(=O)CC1. The first-order valence-electron chi connectivity index (χ1n) is 6.90. The minimum absolute atomic E-state index is 0.211. The van der Waals surface area contributed by atoms with Crippen LogP contribution in [0.15, 0.2) is 24.3 Å². The zero-order valence-electron chi connectivity index (χ0n) is 11.8. The van der Waals surface area contributed by atoms with E-state index in [1.54, 1.807) is 12.1 Å². The lowest BCUT2D eigenvalue weighted by Crippen LogP contribution is -2.34. The van der Waals surface area contributed by atoms with E-state index in [0.29, 0.717) is 31.2 Å². The average Bonchev–Trinajstić information content (AvgIpc) is 2.40. The molecule has 1 aliphatic carbocycles. The van der Waals surface area contributed by atoms with Crippen LogP contribution < -0.4 is 4.74 Å². The number of ketones is 1. The predicted octanol–water partition coefficient (Wildman–Crippen LogP) is 3.53. The largest absolute Gasteiger partial charge is 0.573 e. The van der Waals surface area contributed by atoms with E-state index in [1.807, 2.05) is 7.05 Å². The maximum atomic E-state index is 12.1. The molecule has 21 heavy (non-hydrogen) atoms. The molecule has 6 heteroatoms. The second-order valence-electron chi connectivity index (χ2n) is 5.38. The number of Topliss-reactive ketones (excluding diaryl/α,β-unsaturated/α-hetero) is 1. The van der Waals surface area contributed by atoms with Crippen molar-refractivity contribution in [3.8, 4) is 5.75 Å². The molecule has 0 amide bonds. The Morgan fingerprint density at radius 1 is 1.19 bits per heavy atom. The molecular weight excluding hydrogens is 283 g/mol. The highest BCUT2D eigenvalue weighted by molar-refractivity contribution is 5.79. The Hall–Kier alpha value is -1.56. The first kappa shape index (κ1) is 15.8. The molecule has 0 aliphatic heterocycles. The number of alkyl halides is 3. The van der Waals surface area contributed by atoms with Crippen LogP contribution in [0.4, 0.5) is 13.2 Å². The molecule has 0 radical (unpaired) electrons. The van der Waals surface area contributed by atoms with Crippen molar-refractivity contribution in [2.75, 3.05) is 7.05 Å². The lowest BCUT2D eigenvalue weighted by Gasteiger charge is -2.30. The summed E-state index contributed by atoms with van der Waals surface area (Å²) in [5.74, 6) is 0.102. The third-order valence-electron chi connectivity index (χ3n) is 3.73. The molecule has 0 saturated heterocycles. The van der Waals surface area contributed by atoms with Gasteiger partial charge in [0.1, 0.15) is 11.5 Å². The summed E-state index contributed by atoms with van der Waals surface area (Å²) in [7, 11) is 1.97. The van der Waals surface area contributed by atoms with Crippen LogP contribution >= 0.6 is 0 Å². The van der Waals surface area contributed by atoms with Crippen LogP contribution in [-0.4, -0.2) is 30.1 Å². The van der Waals surface area contributed by atoms with E-state index in [0.717, 1.165) is 18.4 Å². The molecule has 0 aromatic heterocycles. The summed E-state index contributed by atoms with van der Waals surface area (Å²) in [6, 6.07) is 6.26. The predicted molar refractivity (Wildman–Crippen MR) is 71.9 cm³/mol. The van der Waals surface area contributed by atoms with Crippen LogP contribution in [0.3, 0.4) is 0 Å². The van der Waals surface area contributed by atoms with Gasteiger partial charge >= 0.3 is 6.36 Å². The molecule has 3 nitrogen and oxygen atoms in total. The zero-order valence-corrected chi connectivity index (χ0v) is 11.8. The fraction of sp³-hybridized carbons (Fsp3) is 0.533. The van der Waals surface area contributed by atoms with Gasteiger partial charge in [0, 0.05) is 25.4 Å². The Kier molecular flexibility index (Phi) is 4.88. The lowest BCUT2D eigenvalue weighted by atomic mass is 9.93. The standard InChI is InChI=1S/C15H18F3NO2/c1-19(12-4-6-13(20)7-5-12)10-11-2-8-14(9-3-11)21-15(16,17)18/h2-3,8-9,12H,4-7,10H2,1H3. The van der Waals surface area contributed by atoms with Gasteiger partial charge in [0.2, 0.25) is 0 Å². The van der Waals surface area contributed by atoms with Crippen LogP contribution in [0.5, 0.6) is 5.75 Å². The van der Waals surface area contributed by atoms with Crippen LogP contribution in [0.25, 0.3) is 0 Å². The van der Waals surface area contributed by atoms with E-state index in [-0.39, 0.29) is 5.75 Å². The average molecular weight is 301 g/mol. The Balaban J connectivity index is 1.89. The summed E-state index contributed by atoms with van der Waals surface area (Å²) in [5.41, 5.74) is 0.920. The molecule has 1 aromatic rings. The maximum absolute atomic E-state index is 12.1. The highest BCUT2D eigenvalue weighted by atomic mass is 19.4. The molecule has 0 bridgehead atoms. The quantitative estimate of drug-likeness (QED) is 0.852. The van der Waals surface area contributed by atoms with Gasteiger partial charge in [-0.05, 0) is 37.6 Å². The van der Waals surface area contributed by atoms with Crippen LogP contribution in [0.1, 0.15) is 31.2 Å². The molecule has 0 unspecified atom stereocenters. The number of hydrogen-bond donors (Lipinski definition) is 0. The van der Waals surface area contributed by atoms with E-state index >= 15 is 0 Å². The molecule has 1 saturated carbocycles. The Morgan fingerprint density at radius 2 is 1.76 bits per heavy atom. The van der Waals surface area contributed by atoms with E-state index in [4.69, 9.17) is 0 Å². The first-order valence-corrected chi connectivity index (χ1v) is 6.90. The van der Waals surface area contributed by atoms with E-state index in [1.165, 1.54) is 12.1 Å². The number of halogens is 3. The summed E-state index contributed by atoms with van der Waals surface area (Å²) >= 11 is 0. The molecule has 0 spiro atoms. The molecule has 0 N–H and O–H groups in total. The third-order valence-corrected chi connectivity index (χ3v) is 3.73. The van der Waals surface area contributed by atoms with Gasteiger partial charge in [-0.25, -0.2) is 0 Å². The number of hydrogen-bond acceptors (Lipinski definition) is 3. The van der Waals surface area contributed by atoms with Gasteiger partial charge in [-0.2, -0.15) is 0 Å². The molecule has 116 valence electrons. The van der Waals surface area contributed by atoms with Gasteiger partial charge in [-0.15, -0.1) is 13.2 Å². The second kappa shape index (κ2) is 6.47. The van der Waals surface area contributed by atoms with E-state index in [2.05, 4.69) is 9.64 Å². The van der Waals surface area contributed by atoms with Gasteiger partial charge < -0.3 is 4.74 Å². The normalized spacial score (nSPS) is 17.3. The summed E-state index contributed by atoms with van der Waals surface area (Å²) < 4.78 is 40.0. The maximum Gasteiger partial charge on any atom is 0.573 e. The fourth-order valence-corrected chi connectivity index (χ4v) is 2.58. The molecular formula is C15H18F3NO2. The molecule has 1 aliphatic rings. The summed E-state index contributed by atoms with van der Waals surface area (Å²) in [5, 5.41) is 0. The topological polar surface area (TPSA) is 29.5 Å². The van der Waals surface area contributed by atoms with Gasteiger partial charge in [0.25, 0.3) is 0 Å². The van der Waals surface area contributed by atoms with Crippen LogP contribution in [0, 0.1) is 0 Å². The van der Waals surface area contributed by atoms with Crippen molar-refractivity contribution < 1.29 is 22.7 Å². The highest BCUT2D eigenvalue weighted by Crippen LogP contribution is 2.24. The monoisotopic (exact) mass is 301 g/mol. The van der Waals surface area contributed by atoms with Crippen molar-refractivity contribution in [2.45, 2.75) is 44.6 Å². The number of carbonyl (C=O) groups is 1. The number of benzene rings is 1. The second-order valence-corrected chi connectivity index (χ2v) is 5.38. The van der Waals surface area contributed by atoms with Crippen LogP contribution in [-0.2, 0) is 11.3 Å². The number of ether oxygens (including phenoxy) is 1. The minimum atomic E-state index is -4.66. The fourth-order valence-electron chi connectivity index (χ4n) is 2.58. The van der Waals surface area contributed by atoms with Crippen molar-refractivity contribution >= 4 is 5.78 Å². The van der Waals surface area contributed by atoms with Crippen molar-refractivity contribution in [3.63, 3.8) is 0 Å². The smallest absolute Gasteiger partial charge is 0.406 e. The molecule has 1 fully saturated rings. The number of rotatable bonds is 4. The Morgan fingerprint density at radius 3 is 2.29 bits per heavy atom. The van der Waals surface area contributed by atoms with Gasteiger partial charge in [0.15, 0.2) is 0 Å². The first-order chi connectivity index (χ1) is 9.83. The molecule has 2 rings (SSSR count).